The van der Waals surface area contributed by atoms with Gasteiger partial charge in [-0.05, 0) is 26.7 Å². The van der Waals surface area contributed by atoms with E-state index in [1.165, 1.54) is 0 Å². The highest BCUT2D eigenvalue weighted by Gasteiger charge is 2.35. The first kappa shape index (κ1) is 13.1. The van der Waals surface area contributed by atoms with Crippen LogP contribution in [-0.2, 0) is 17.9 Å². The minimum Gasteiger partial charge on any atom is -0.347 e. The van der Waals surface area contributed by atoms with Gasteiger partial charge in [-0.3, -0.25) is 9.59 Å². The van der Waals surface area contributed by atoms with Crippen LogP contribution >= 0.6 is 0 Å². The standard InChI is InChI=1S/C13H19N5O2/c1-8(2)14-12(19)11-16-15-10-7-17(5-6-18(10)11)13(20)9-3-4-9/h8-9H,3-7H2,1-2H3,(H,14,19). The molecule has 20 heavy (non-hydrogen) atoms. The fourth-order valence-electron chi connectivity index (χ4n) is 2.43. The maximum atomic E-state index is 12.0. The van der Waals surface area contributed by atoms with Gasteiger partial charge in [-0.25, -0.2) is 0 Å². The molecule has 108 valence electrons. The minimum absolute atomic E-state index is 0.0620. The van der Waals surface area contributed by atoms with Crippen LogP contribution in [0.3, 0.4) is 0 Å². The van der Waals surface area contributed by atoms with Crippen molar-refractivity contribution in [2.45, 2.75) is 45.8 Å². The van der Waals surface area contributed by atoms with Gasteiger partial charge in [-0.2, -0.15) is 0 Å². The Morgan fingerprint density at radius 1 is 1.25 bits per heavy atom. The molecule has 2 heterocycles. The van der Waals surface area contributed by atoms with Crippen LogP contribution in [0.2, 0.25) is 0 Å². The summed E-state index contributed by atoms with van der Waals surface area (Å²) in [6.07, 6.45) is 2.01. The van der Waals surface area contributed by atoms with E-state index < -0.39 is 0 Å². The monoisotopic (exact) mass is 277 g/mol. The number of nitrogens with one attached hydrogen (secondary N) is 1. The number of fused-ring (bicyclic) bond motifs is 1. The largest absolute Gasteiger partial charge is 0.347 e. The second kappa shape index (κ2) is 4.88. The van der Waals surface area contributed by atoms with E-state index >= 15 is 0 Å². The van der Waals surface area contributed by atoms with E-state index in [2.05, 4.69) is 15.5 Å². The highest BCUT2D eigenvalue weighted by Crippen LogP contribution is 2.32. The quantitative estimate of drug-likeness (QED) is 0.854. The van der Waals surface area contributed by atoms with Crippen LogP contribution in [0.25, 0.3) is 0 Å². The molecule has 0 spiro atoms. The second-order valence-electron chi connectivity index (χ2n) is 5.75. The molecule has 0 bridgehead atoms. The van der Waals surface area contributed by atoms with Crippen LogP contribution in [0.4, 0.5) is 0 Å². The number of hydrogen-bond donors (Lipinski definition) is 1. The molecule has 0 atom stereocenters. The number of nitrogens with zero attached hydrogens (tertiary/aromatic N) is 4. The molecule has 2 amide bonds. The van der Waals surface area contributed by atoms with Crippen LogP contribution < -0.4 is 5.32 Å². The lowest BCUT2D eigenvalue weighted by atomic mass is 10.3. The van der Waals surface area contributed by atoms with Crippen LogP contribution in [-0.4, -0.2) is 44.1 Å². The van der Waals surface area contributed by atoms with Gasteiger partial charge in [-0.15, -0.1) is 10.2 Å². The van der Waals surface area contributed by atoms with Gasteiger partial charge in [0, 0.05) is 25.0 Å². The first-order valence-electron chi connectivity index (χ1n) is 7.08. The zero-order valence-electron chi connectivity index (χ0n) is 11.8. The van der Waals surface area contributed by atoms with Crippen LogP contribution in [0.5, 0.6) is 0 Å². The third-order valence-electron chi connectivity index (χ3n) is 3.61. The Labute approximate surface area is 117 Å². The smallest absolute Gasteiger partial charge is 0.289 e. The molecule has 1 aliphatic heterocycles. The number of carbonyl (C=O) groups is 2. The lowest BCUT2D eigenvalue weighted by Gasteiger charge is -2.27. The van der Waals surface area contributed by atoms with Gasteiger partial charge < -0.3 is 14.8 Å². The molecular weight excluding hydrogens is 258 g/mol. The lowest BCUT2D eigenvalue weighted by Crippen LogP contribution is -2.41. The summed E-state index contributed by atoms with van der Waals surface area (Å²) in [6.45, 7) is 5.48. The Kier molecular flexibility index (Phi) is 3.19. The summed E-state index contributed by atoms with van der Waals surface area (Å²) >= 11 is 0. The van der Waals surface area contributed by atoms with E-state index in [0.29, 0.717) is 31.3 Å². The van der Waals surface area contributed by atoms with E-state index in [-0.39, 0.29) is 23.8 Å². The van der Waals surface area contributed by atoms with Crippen molar-refractivity contribution in [3.8, 4) is 0 Å². The zero-order chi connectivity index (χ0) is 14.3. The van der Waals surface area contributed by atoms with Gasteiger partial charge >= 0.3 is 0 Å². The third-order valence-corrected chi connectivity index (χ3v) is 3.61. The van der Waals surface area contributed by atoms with Crippen LogP contribution in [0.15, 0.2) is 0 Å². The summed E-state index contributed by atoms with van der Waals surface area (Å²) in [7, 11) is 0. The maximum Gasteiger partial charge on any atom is 0.289 e. The molecule has 0 unspecified atom stereocenters. The highest BCUT2D eigenvalue weighted by atomic mass is 16.2. The first-order chi connectivity index (χ1) is 9.56. The molecule has 0 saturated heterocycles. The van der Waals surface area contributed by atoms with Gasteiger partial charge in [0.2, 0.25) is 11.7 Å². The molecule has 7 nitrogen and oxygen atoms in total. The van der Waals surface area contributed by atoms with Crippen LogP contribution in [0.1, 0.15) is 43.1 Å². The SMILES string of the molecule is CC(C)NC(=O)c1nnc2n1CCN(C(=O)C1CC1)C2. The summed E-state index contributed by atoms with van der Waals surface area (Å²) < 4.78 is 1.81. The first-order valence-corrected chi connectivity index (χ1v) is 7.08. The number of hydrogen-bond acceptors (Lipinski definition) is 4. The van der Waals surface area contributed by atoms with Crippen LogP contribution in [0, 0.1) is 5.92 Å². The van der Waals surface area contributed by atoms with Crippen molar-refractivity contribution in [2.24, 2.45) is 5.92 Å². The van der Waals surface area contributed by atoms with Crippen molar-refractivity contribution >= 4 is 11.8 Å². The predicted molar refractivity (Wildman–Crippen MR) is 70.8 cm³/mol. The Morgan fingerprint density at radius 3 is 2.65 bits per heavy atom. The molecule has 3 rings (SSSR count). The fourth-order valence-corrected chi connectivity index (χ4v) is 2.43. The molecular formula is C13H19N5O2. The van der Waals surface area contributed by atoms with Gasteiger partial charge in [-0.1, -0.05) is 0 Å². The van der Waals surface area contributed by atoms with Crippen molar-refractivity contribution in [1.29, 1.82) is 0 Å². The van der Waals surface area contributed by atoms with Gasteiger partial charge in [0.1, 0.15) is 0 Å². The number of rotatable bonds is 3. The molecule has 1 aliphatic carbocycles. The Hall–Kier alpha value is -1.92. The zero-order valence-corrected chi connectivity index (χ0v) is 11.8. The fraction of sp³-hybridized carbons (Fsp3) is 0.692. The Bertz CT molecular complexity index is 547. The molecule has 0 radical (unpaired) electrons. The molecule has 1 N–H and O–H groups in total. The van der Waals surface area contributed by atoms with Gasteiger partial charge in [0.05, 0.1) is 6.54 Å². The van der Waals surface area contributed by atoms with Crippen molar-refractivity contribution in [2.75, 3.05) is 6.54 Å². The summed E-state index contributed by atoms with van der Waals surface area (Å²) in [6, 6.07) is 0.0620. The maximum absolute atomic E-state index is 12.0. The number of carbonyl (C=O) groups excluding carboxylic acids is 2. The minimum atomic E-state index is -0.208. The van der Waals surface area contributed by atoms with Gasteiger partial charge in [0.25, 0.3) is 5.91 Å². The average Bonchev–Trinajstić information content (AvgIpc) is 3.16. The summed E-state index contributed by atoms with van der Waals surface area (Å²) in [5, 5.41) is 10.8. The Balaban J connectivity index is 1.74. The second-order valence-corrected chi connectivity index (χ2v) is 5.75. The van der Waals surface area contributed by atoms with Crippen molar-refractivity contribution in [3.63, 3.8) is 0 Å². The normalized spacial score (nSPS) is 18.1. The molecule has 1 aromatic rings. The molecule has 1 fully saturated rings. The van der Waals surface area contributed by atoms with Crippen molar-refractivity contribution in [1.82, 2.24) is 25.0 Å². The molecule has 1 aromatic heterocycles. The molecule has 7 heteroatoms. The summed E-state index contributed by atoms with van der Waals surface area (Å²) in [5.74, 6) is 1.26. The predicted octanol–water partition coefficient (Wildman–Crippen LogP) is 0.168. The lowest BCUT2D eigenvalue weighted by molar-refractivity contribution is -0.134. The van der Waals surface area contributed by atoms with Crippen molar-refractivity contribution < 1.29 is 9.59 Å². The highest BCUT2D eigenvalue weighted by molar-refractivity contribution is 5.91. The molecule has 2 aliphatic rings. The average molecular weight is 277 g/mol. The van der Waals surface area contributed by atoms with E-state index in [0.717, 1.165) is 12.8 Å². The van der Waals surface area contributed by atoms with E-state index in [1.54, 1.807) is 0 Å². The number of aromatic nitrogens is 3. The van der Waals surface area contributed by atoms with Gasteiger partial charge in [0.15, 0.2) is 5.82 Å². The van der Waals surface area contributed by atoms with E-state index in [4.69, 9.17) is 0 Å². The molecule has 1 saturated carbocycles. The van der Waals surface area contributed by atoms with Crippen molar-refractivity contribution in [3.05, 3.63) is 11.6 Å². The summed E-state index contributed by atoms with van der Waals surface area (Å²) in [4.78, 5) is 25.9. The topological polar surface area (TPSA) is 80.1 Å². The summed E-state index contributed by atoms with van der Waals surface area (Å²) in [5.41, 5.74) is 0. The third kappa shape index (κ3) is 2.39. The van der Waals surface area contributed by atoms with E-state index in [1.807, 2.05) is 23.3 Å². The molecule has 0 aromatic carbocycles. The van der Waals surface area contributed by atoms with E-state index in [9.17, 15) is 9.59 Å². The number of amides is 2. The Morgan fingerprint density at radius 2 is 2.00 bits per heavy atom.